The molecular weight excluding hydrogens is 408 g/mol. The van der Waals surface area contributed by atoms with Gasteiger partial charge in [0.1, 0.15) is 12.1 Å². The smallest absolute Gasteiger partial charge is 0.475 e. The molecule has 30 heavy (non-hydrogen) atoms. The molecule has 162 valence electrons. The fourth-order valence-corrected chi connectivity index (χ4v) is 3.80. The Morgan fingerprint density at radius 3 is 2.27 bits per heavy atom. The predicted octanol–water partition coefficient (Wildman–Crippen LogP) is 3.40. The van der Waals surface area contributed by atoms with Gasteiger partial charge in [-0.2, -0.15) is 13.2 Å². The first-order valence-electron chi connectivity index (χ1n) is 9.16. The summed E-state index contributed by atoms with van der Waals surface area (Å²) >= 11 is 0. The lowest BCUT2D eigenvalue weighted by molar-refractivity contribution is -0.192. The van der Waals surface area contributed by atoms with Gasteiger partial charge in [0.25, 0.3) is 5.91 Å². The second kappa shape index (κ2) is 8.47. The van der Waals surface area contributed by atoms with Crippen LogP contribution in [-0.2, 0) is 11.3 Å². The lowest BCUT2D eigenvalue weighted by Gasteiger charge is -2.48. The summed E-state index contributed by atoms with van der Waals surface area (Å²) < 4.78 is 49.7. The van der Waals surface area contributed by atoms with E-state index in [9.17, 15) is 22.4 Å². The Kier molecular flexibility index (Phi) is 6.16. The molecule has 2 aromatic rings. The van der Waals surface area contributed by atoms with Crippen LogP contribution >= 0.6 is 0 Å². The normalized spacial score (nSPS) is 17.9. The Balaban J connectivity index is 0.000000318. The molecule has 2 aliphatic heterocycles. The van der Waals surface area contributed by atoms with Crippen LogP contribution in [0.25, 0.3) is 0 Å². The van der Waals surface area contributed by atoms with Crippen molar-refractivity contribution in [1.82, 2.24) is 9.80 Å². The summed E-state index contributed by atoms with van der Waals surface area (Å²) in [6.07, 6.45) is -0.988. The summed E-state index contributed by atoms with van der Waals surface area (Å²) in [6, 6.07) is 8.40. The van der Waals surface area contributed by atoms with E-state index in [2.05, 4.69) is 4.90 Å². The Labute approximate surface area is 169 Å². The molecule has 1 amide bonds. The third kappa shape index (κ3) is 5.18. The number of carbonyl (C=O) groups excluding carboxylic acids is 1. The second-order valence-electron chi connectivity index (χ2n) is 7.56. The van der Waals surface area contributed by atoms with Gasteiger partial charge in [0.05, 0.1) is 11.8 Å². The standard InChI is InChI=1S/C18H19FN2O2.C2HF3O2/c19-16-3-1-14(2-4-16)9-20-11-18(12-20)6-7-21(13-18)17(22)15-5-8-23-10-15;3-2(4,5)1(6)7/h1-5,8,10H,6-7,9,11-13H2;(H,6,7). The number of alkyl halides is 3. The minimum atomic E-state index is -5.08. The molecule has 1 spiro atoms. The molecule has 1 aromatic heterocycles. The van der Waals surface area contributed by atoms with E-state index in [1.807, 2.05) is 17.0 Å². The first-order valence-corrected chi connectivity index (χ1v) is 9.16. The van der Waals surface area contributed by atoms with Crippen molar-refractivity contribution < 1.29 is 36.7 Å². The van der Waals surface area contributed by atoms with Crippen molar-refractivity contribution in [3.05, 3.63) is 59.8 Å². The fraction of sp³-hybridized carbons (Fsp3) is 0.400. The van der Waals surface area contributed by atoms with Crippen molar-refractivity contribution in [3.8, 4) is 0 Å². The van der Waals surface area contributed by atoms with Crippen LogP contribution in [0.4, 0.5) is 17.6 Å². The summed E-state index contributed by atoms with van der Waals surface area (Å²) in [7, 11) is 0. The lowest BCUT2D eigenvalue weighted by Crippen LogP contribution is -2.57. The maximum absolute atomic E-state index is 12.9. The van der Waals surface area contributed by atoms with Crippen LogP contribution in [0.2, 0.25) is 0 Å². The summed E-state index contributed by atoms with van der Waals surface area (Å²) in [5.74, 6) is -2.89. The number of likely N-dealkylation sites (tertiary alicyclic amines) is 2. The average molecular weight is 428 g/mol. The number of furan rings is 1. The molecule has 2 saturated heterocycles. The Hall–Kier alpha value is -2.88. The molecule has 0 unspecified atom stereocenters. The molecule has 0 bridgehead atoms. The van der Waals surface area contributed by atoms with Crippen molar-refractivity contribution in [3.63, 3.8) is 0 Å². The van der Waals surface area contributed by atoms with Gasteiger partial charge in [-0.05, 0) is 30.2 Å². The molecule has 1 N–H and O–H groups in total. The topological polar surface area (TPSA) is 74.0 Å². The minimum absolute atomic E-state index is 0.0626. The number of benzene rings is 1. The number of hydrogen-bond acceptors (Lipinski definition) is 4. The summed E-state index contributed by atoms with van der Waals surface area (Å²) in [5, 5.41) is 7.12. The molecular formula is C20H20F4N2O4. The number of aliphatic carboxylic acids is 1. The van der Waals surface area contributed by atoms with E-state index < -0.39 is 12.1 Å². The quantitative estimate of drug-likeness (QED) is 0.759. The monoisotopic (exact) mass is 428 g/mol. The van der Waals surface area contributed by atoms with Gasteiger partial charge >= 0.3 is 12.1 Å². The highest BCUT2D eigenvalue weighted by Gasteiger charge is 2.48. The van der Waals surface area contributed by atoms with Crippen LogP contribution in [0, 0.1) is 11.2 Å². The van der Waals surface area contributed by atoms with Crippen molar-refractivity contribution in [2.45, 2.75) is 19.1 Å². The van der Waals surface area contributed by atoms with Gasteiger partial charge in [-0.25, -0.2) is 9.18 Å². The van der Waals surface area contributed by atoms with E-state index >= 15 is 0 Å². The van der Waals surface area contributed by atoms with E-state index in [1.54, 1.807) is 6.07 Å². The Bertz CT molecular complexity index is 875. The second-order valence-corrected chi connectivity index (χ2v) is 7.56. The molecule has 3 heterocycles. The molecule has 2 aliphatic rings. The number of amides is 1. The van der Waals surface area contributed by atoms with Crippen LogP contribution in [0.1, 0.15) is 22.3 Å². The SMILES string of the molecule is O=C(O)C(F)(F)F.O=C(c1ccoc1)N1CCC2(CN(Cc3ccc(F)cc3)C2)C1. The van der Waals surface area contributed by atoms with Crippen molar-refractivity contribution in [1.29, 1.82) is 0 Å². The minimum Gasteiger partial charge on any atom is -0.475 e. The van der Waals surface area contributed by atoms with Crippen molar-refractivity contribution in [2.24, 2.45) is 5.41 Å². The number of nitrogens with zero attached hydrogens (tertiary/aromatic N) is 2. The maximum atomic E-state index is 12.9. The predicted molar refractivity (Wildman–Crippen MR) is 97.0 cm³/mol. The molecule has 6 nitrogen and oxygen atoms in total. The van der Waals surface area contributed by atoms with E-state index in [1.165, 1.54) is 24.7 Å². The molecule has 0 radical (unpaired) electrons. The molecule has 10 heteroatoms. The van der Waals surface area contributed by atoms with Gasteiger partial charge < -0.3 is 14.4 Å². The highest BCUT2D eigenvalue weighted by atomic mass is 19.4. The van der Waals surface area contributed by atoms with Gasteiger partial charge in [-0.3, -0.25) is 9.69 Å². The largest absolute Gasteiger partial charge is 0.490 e. The van der Waals surface area contributed by atoms with E-state index in [0.29, 0.717) is 5.56 Å². The number of carboxylic acid groups (broad SMARTS) is 1. The van der Waals surface area contributed by atoms with Gasteiger partial charge in [0.2, 0.25) is 0 Å². The summed E-state index contributed by atoms with van der Waals surface area (Å²) in [5.41, 5.74) is 1.99. The van der Waals surface area contributed by atoms with Crippen LogP contribution in [0.3, 0.4) is 0 Å². The first kappa shape index (κ1) is 21.8. The third-order valence-corrected chi connectivity index (χ3v) is 5.17. The Morgan fingerprint density at radius 1 is 1.10 bits per heavy atom. The number of rotatable bonds is 3. The number of hydrogen-bond donors (Lipinski definition) is 1. The highest BCUT2D eigenvalue weighted by molar-refractivity contribution is 5.94. The lowest BCUT2D eigenvalue weighted by atomic mass is 9.79. The average Bonchev–Trinajstić information content (AvgIpc) is 3.32. The fourth-order valence-electron chi connectivity index (χ4n) is 3.80. The van der Waals surface area contributed by atoms with Crippen molar-refractivity contribution >= 4 is 11.9 Å². The summed E-state index contributed by atoms with van der Waals surface area (Å²) in [4.78, 5) is 25.5. The molecule has 2 fully saturated rings. The van der Waals surface area contributed by atoms with Crippen LogP contribution < -0.4 is 0 Å². The molecule has 4 rings (SSSR count). The van der Waals surface area contributed by atoms with Gasteiger partial charge in [-0.15, -0.1) is 0 Å². The van der Waals surface area contributed by atoms with E-state index in [4.69, 9.17) is 14.3 Å². The third-order valence-electron chi connectivity index (χ3n) is 5.17. The van der Waals surface area contributed by atoms with Gasteiger partial charge in [0, 0.05) is 38.1 Å². The zero-order chi connectivity index (χ0) is 21.9. The van der Waals surface area contributed by atoms with Crippen LogP contribution in [0.15, 0.2) is 47.3 Å². The van der Waals surface area contributed by atoms with Gasteiger partial charge in [0.15, 0.2) is 0 Å². The van der Waals surface area contributed by atoms with Gasteiger partial charge in [-0.1, -0.05) is 12.1 Å². The number of halogens is 4. The molecule has 0 saturated carbocycles. The van der Waals surface area contributed by atoms with E-state index in [0.717, 1.165) is 44.7 Å². The zero-order valence-corrected chi connectivity index (χ0v) is 15.9. The zero-order valence-electron chi connectivity index (χ0n) is 15.9. The molecule has 0 atom stereocenters. The van der Waals surface area contributed by atoms with Crippen LogP contribution in [0.5, 0.6) is 0 Å². The number of carbonyl (C=O) groups is 2. The molecule has 1 aromatic carbocycles. The maximum Gasteiger partial charge on any atom is 0.490 e. The first-order chi connectivity index (χ1) is 14.1. The van der Waals surface area contributed by atoms with E-state index in [-0.39, 0.29) is 17.1 Å². The van der Waals surface area contributed by atoms with Crippen molar-refractivity contribution in [2.75, 3.05) is 26.2 Å². The highest BCUT2D eigenvalue weighted by Crippen LogP contribution is 2.40. The summed E-state index contributed by atoms with van der Waals surface area (Å²) in [6.45, 7) is 4.47. The molecule has 0 aliphatic carbocycles. The Morgan fingerprint density at radius 2 is 1.73 bits per heavy atom. The number of carboxylic acids is 1. The van der Waals surface area contributed by atoms with Crippen LogP contribution in [-0.4, -0.2) is 59.1 Å².